The number of hydrogen-bond donors (Lipinski definition) is 1. The van der Waals surface area contributed by atoms with Crippen LogP contribution >= 0.6 is 0 Å². The predicted molar refractivity (Wildman–Crippen MR) is 90.8 cm³/mol. The van der Waals surface area contributed by atoms with Crippen molar-refractivity contribution in [1.29, 1.82) is 0 Å². The second-order valence-electron chi connectivity index (χ2n) is 6.52. The second kappa shape index (κ2) is 7.44. The van der Waals surface area contributed by atoms with E-state index in [1.54, 1.807) is 4.68 Å². The van der Waals surface area contributed by atoms with Crippen molar-refractivity contribution in [2.75, 3.05) is 0 Å². The van der Waals surface area contributed by atoms with Gasteiger partial charge in [0.15, 0.2) is 0 Å². The predicted octanol–water partition coefficient (Wildman–Crippen LogP) is 3.40. The second-order valence-corrected chi connectivity index (χ2v) is 6.52. The number of aryl methyl sites for hydroxylation is 2. The summed E-state index contributed by atoms with van der Waals surface area (Å²) in [6.45, 7) is 0. The summed E-state index contributed by atoms with van der Waals surface area (Å²) in [5.41, 5.74) is 2.34. The lowest BCUT2D eigenvalue weighted by Gasteiger charge is -2.25. The molecule has 1 aromatic carbocycles. The fraction of sp³-hybridized carbons (Fsp3) is 0.474. The maximum atomic E-state index is 12.4. The molecule has 1 atom stereocenters. The number of nitrogens with zero attached hydrogens (tertiary/aromatic N) is 2. The fourth-order valence-corrected chi connectivity index (χ4v) is 3.53. The van der Waals surface area contributed by atoms with Gasteiger partial charge in [-0.2, -0.15) is 5.10 Å². The van der Waals surface area contributed by atoms with Crippen molar-refractivity contribution in [3.8, 4) is 0 Å². The summed E-state index contributed by atoms with van der Waals surface area (Å²) < 4.78 is 1.78. The number of carbonyl (C=O) groups is 1. The molecule has 4 nitrogen and oxygen atoms in total. The lowest BCUT2D eigenvalue weighted by atomic mass is 9.91. The van der Waals surface area contributed by atoms with Crippen LogP contribution in [0.4, 0.5) is 0 Å². The van der Waals surface area contributed by atoms with Gasteiger partial charge in [0.05, 0.1) is 12.2 Å². The van der Waals surface area contributed by atoms with Crippen molar-refractivity contribution in [2.45, 2.75) is 44.6 Å². The molecule has 1 fully saturated rings. The zero-order chi connectivity index (χ0) is 16.1. The molecule has 1 N–H and O–H groups in total. The van der Waals surface area contributed by atoms with E-state index in [2.05, 4.69) is 34.7 Å². The van der Waals surface area contributed by atoms with Crippen LogP contribution in [0.25, 0.3) is 0 Å². The Bertz CT molecular complexity index is 629. The number of rotatable bonds is 6. The fourth-order valence-electron chi connectivity index (χ4n) is 3.53. The summed E-state index contributed by atoms with van der Waals surface area (Å²) in [6, 6.07) is 10.5. The molecular weight excluding hydrogens is 286 g/mol. The molecule has 1 unspecified atom stereocenters. The van der Waals surface area contributed by atoms with E-state index < -0.39 is 0 Å². The van der Waals surface area contributed by atoms with Gasteiger partial charge in [-0.1, -0.05) is 43.2 Å². The van der Waals surface area contributed by atoms with Crippen LogP contribution in [0.1, 0.15) is 49.3 Å². The molecule has 2 aromatic rings. The van der Waals surface area contributed by atoms with Crippen molar-refractivity contribution in [3.63, 3.8) is 0 Å². The van der Waals surface area contributed by atoms with Crippen molar-refractivity contribution in [2.24, 2.45) is 13.0 Å². The van der Waals surface area contributed by atoms with E-state index in [9.17, 15) is 4.79 Å². The summed E-state index contributed by atoms with van der Waals surface area (Å²) in [7, 11) is 1.90. The topological polar surface area (TPSA) is 46.9 Å². The van der Waals surface area contributed by atoms with Gasteiger partial charge in [0, 0.05) is 19.7 Å². The van der Waals surface area contributed by atoms with E-state index in [4.69, 9.17) is 0 Å². The summed E-state index contributed by atoms with van der Waals surface area (Å²) >= 11 is 0. The lowest BCUT2D eigenvalue weighted by Crippen LogP contribution is -2.32. The average Bonchev–Trinajstić information content (AvgIpc) is 3.23. The summed E-state index contributed by atoms with van der Waals surface area (Å²) in [4.78, 5) is 12.4. The molecule has 1 aliphatic rings. The smallest absolute Gasteiger partial charge is 0.220 e. The monoisotopic (exact) mass is 311 g/mol. The third-order valence-corrected chi connectivity index (χ3v) is 4.75. The number of nitrogens with one attached hydrogen (secondary N) is 1. The minimum Gasteiger partial charge on any atom is -0.349 e. The van der Waals surface area contributed by atoms with Crippen molar-refractivity contribution >= 4 is 5.91 Å². The molecule has 1 aromatic heterocycles. The molecule has 1 aliphatic carbocycles. The van der Waals surface area contributed by atoms with Crippen LogP contribution < -0.4 is 5.32 Å². The first kappa shape index (κ1) is 15.8. The maximum Gasteiger partial charge on any atom is 0.220 e. The SMILES string of the molecule is Cn1cc(CCC(=O)NC(c2ccccc2)C2CCCC2)cn1. The summed E-state index contributed by atoms with van der Waals surface area (Å²) in [6.07, 6.45) is 10.0. The van der Waals surface area contributed by atoms with Crippen molar-refractivity contribution in [3.05, 3.63) is 53.9 Å². The first-order chi connectivity index (χ1) is 11.2. The third-order valence-electron chi connectivity index (χ3n) is 4.75. The van der Waals surface area contributed by atoms with E-state index in [-0.39, 0.29) is 11.9 Å². The Hall–Kier alpha value is -2.10. The van der Waals surface area contributed by atoms with Crippen LogP contribution in [0.2, 0.25) is 0 Å². The standard InChI is InChI=1S/C19H25N3O/c1-22-14-15(13-20-22)11-12-18(23)21-19(17-9-5-6-10-17)16-7-3-2-4-8-16/h2-4,7-8,13-14,17,19H,5-6,9-12H2,1H3,(H,21,23). The minimum absolute atomic E-state index is 0.134. The lowest BCUT2D eigenvalue weighted by molar-refractivity contribution is -0.122. The van der Waals surface area contributed by atoms with E-state index in [0.717, 1.165) is 12.0 Å². The Morgan fingerprint density at radius 3 is 2.70 bits per heavy atom. The van der Waals surface area contributed by atoms with Crippen LogP contribution in [-0.2, 0) is 18.3 Å². The highest BCUT2D eigenvalue weighted by molar-refractivity contribution is 5.76. The first-order valence-corrected chi connectivity index (χ1v) is 8.54. The molecule has 23 heavy (non-hydrogen) atoms. The highest BCUT2D eigenvalue weighted by Crippen LogP contribution is 2.35. The maximum absolute atomic E-state index is 12.4. The Kier molecular flexibility index (Phi) is 5.11. The van der Waals surface area contributed by atoms with Crippen LogP contribution in [0.3, 0.4) is 0 Å². The Morgan fingerprint density at radius 2 is 2.04 bits per heavy atom. The van der Waals surface area contributed by atoms with Gasteiger partial charge in [0.2, 0.25) is 5.91 Å². The van der Waals surface area contributed by atoms with Crippen LogP contribution in [0, 0.1) is 5.92 Å². The first-order valence-electron chi connectivity index (χ1n) is 8.54. The highest BCUT2D eigenvalue weighted by Gasteiger charge is 2.27. The zero-order valence-corrected chi connectivity index (χ0v) is 13.7. The van der Waals surface area contributed by atoms with Gasteiger partial charge in [0.25, 0.3) is 0 Å². The highest BCUT2D eigenvalue weighted by atomic mass is 16.1. The summed E-state index contributed by atoms with van der Waals surface area (Å²) in [5, 5.41) is 7.44. The van der Waals surface area contributed by atoms with E-state index in [1.807, 2.05) is 25.5 Å². The molecule has 1 saturated carbocycles. The number of benzene rings is 1. The number of hydrogen-bond acceptors (Lipinski definition) is 2. The minimum atomic E-state index is 0.134. The molecule has 0 spiro atoms. The van der Waals surface area contributed by atoms with Crippen molar-refractivity contribution < 1.29 is 4.79 Å². The summed E-state index contributed by atoms with van der Waals surface area (Å²) in [5.74, 6) is 0.703. The normalized spacial score (nSPS) is 16.4. The molecule has 122 valence electrons. The molecule has 0 aliphatic heterocycles. The van der Waals surface area contributed by atoms with Gasteiger partial charge in [-0.05, 0) is 36.3 Å². The van der Waals surface area contributed by atoms with Crippen molar-refractivity contribution in [1.82, 2.24) is 15.1 Å². The van der Waals surface area contributed by atoms with E-state index in [0.29, 0.717) is 12.3 Å². The third kappa shape index (κ3) is 4.21. The van der Waals surface area contributed by atoms with Crippen LogP contribution in [0.5, 0.6) is 0 Å². The number of amides is 1. The van der Waals surface area contributed by atoms with Gasteiger partial charge in [-0.15, -0.1) is 0 Å². The Morgan fingerprint density at radius 1 is 1.30 bits per heavy atom. The van der Waals surface area contributed by atoms with Gasteiger partial charge < -0.3 is 5.32 Å². The molecule has 1 amide bonds. The molecule has 4 heteroatoms. The van der Waals surface area contributed by atoms with Gasteiger partial charge in [-0.25, -0.2) is 0 Å². The molecule has 0 saturated heterocycles. The molecule has 1 heterocycles. The quantitative estimate of drug-likeness (QED) is 0.889. The van der Waals surface area contributed by atoms with Gasteiger partial charge in [-0.3, -0.25) is 9.48 Å². The van der Waals surface area contributed by atoms with Gasteiger partial charge in [0.1, 0.15) is 0 Å². The van der Waals surface area contributed by atoms with E-state index >= 15 is 0 Å². The van der Waals surface area contributed by atoms with E-state index in [1.165, 1.54) is 31.2 Å². The van der Waals surface area contributed by atoms with Gasteiger partial charge >= 0.3 is 0 Å². The Balaban J connectivity index is 1.62. The molecule has 0 bridgehead atoms. The van der Waals surface area contributed by atoms with Crippen LogP contribution in [0.15, 0.2) is 42.7 Å². The van der Waals surface area contributed by atoms with Crippen LogP contribution in [-0.4, -0.2) is 15.7 Å². The molecular formula is C19H25N3O. The average molecular weight is 311 g/mol. The number of aromatic nitrogens is 2. The number of carbonyl (C=O) groups excluding carboxylic acids is 1. The Labute approximate surface area is 137 Å². The zero-order valence-electron chi connectivity index (χ0n) is 13.7. The molecule has 0 radical (unpaired) electrons. The molecule has 3 rings (SSSR count). The largest absolute Gasteiger partial charge is 0.349 e.